The molecule has 0 aliphatic rings. The molecule has 0 aromatic carbocycles. The minimum Gasteiger partial charge on any atom is -0.352 e. The Morgan fingerprint density at radius 3 is 1.95 bits per heavy atom. The first-order chi connectivity index (χ1) is 8.91. The molecule has 0 aromatic rings. The molecule has 0 atom stereocenters. The van der Waals surface area contributed by atoms with E-state index in [1.807, 2.05) is 46.7 Å². The third-order valence-electron chi connectivity index (χ3n) is 1.93. The van der Waals surface area contributed by atoms with Crippen LogP contribution in [0.2, 0.25) is 0 Å². The lowest BCUT2D eigenvalue weighted by Crippen LogP contribution is -2.30. The minimum atomic E-state index is -0.244. The maximum Gasteiger partial charge on any atom is 0.244 e. The van der Waals surface area contributed by atoms with Gasteiger partial charge in [0.25, 0.3) is 0 Å². The van der Waals surface area contributed by atoms with E-state index in [0.29, 0.717) is 19.0 Å². The van der Waals surface area contributed by atoms with E-state index < -0.39 is 0 Å². The first-order valence-electron chi connectivity index (χ1n) is 6.80. The predicted molar refractivity (Wildman–Crippen MR) is 79.9 cm³/mol. The maximum atomic E-state index is 11.3. The number of nitrogens with one attached hydrogen (secondary N) is 2. The number of carbonyl (C=O) groups excluding carboxylic acids is 2. The smallest absolute Gasteiger partial charge is 0.244 e. The molecule has 0 radical (unpaired) electrons. The molecule has 0 saturated carbocycles. The van der Waals surface area contributed by atoms with E-state index in [1.165, 1.54) is 12.2 Å². The highest BCUT2D eigenvalue weighted by atomic mass is 16.2. The molecule has 0 rings (SSSR count). The molecule has 0 saturated heterocycles. The van der Waals surface area contributed by atoms with Gasteiger partial charge in [0.15, 0.2) is 0 Å². The largest absolute Gasteiger partial charge is 0.352 e. The topological polar surface area (TPSA) is 61.4 Å². The lowest BCUT2D eigenvalue weighted by molar-refractivity contribution is -0.118. The number of hydrogen-bond acceptors (Lipinski definition) is 3. The highest BCUT2D eigenvalue weighted by molar-refractivity contribution is 5.96. The highest BCUT2D eigenvalue weighted by Crippen LogP contribution is 1.87. The second-order valence-electron chi connectivity index (χ2n) is 4.57. The summed E-state index contributed by atoms with van der Waals surface area (Å²) in [6.07, 6.45) is 2.51. The van der Waals surface area contributed by atoms with E-state index >= 15 is 0 Å². The van der Waals surface area contributed by atoms with Crippen LogP contribution < -0.4 is 10.6 Å². The van der Waals surface area contributed by atoms with Gasteiger partial charge in [-0.1, -0.05) is 27.7 Å². The van der Waals surface area contributed by atoms with E-state index in [0.717, 1.165) is 6.54 Å². The molecule has 0 fully saturated rings. The zero-order valence-electron chi connectivity index (χ0n) is 13.1. The Morgan fingerprint density at radius 1 is 1.05 bits per heavy atom. The second kappa shape index (κ2) is 13.1. The maximum absolute atomic E-state index is 11.3. The number of amides is 2. The summed E-state index contributed by atoms with van der Waals surface area (Å²) in [5.74, 6) is -0.0747. The molecular weight excluding hydrogens is 242 g/mol. The molecule has 5 nitrogen and oxygen atoms in total. The summed E-state index contributed by atoms with van der Waals surface area (Å²) in [6.45, 7) is 9.99. The van der Waals surface area contributed by atoms with Crippen molar-refractivity contribution >= 4 is 11.8 Å². The molecular formula is C14H29N3O2. The summed E-state index contributed by atoms with van der Waals surface area (Å²) >= 11 is 0. The van der Waals surface area contributed by atoms with Gasteiger partial charge in [0.2, 0.25) is 11.8 Å². The van der Waals surface area contributed by atoms with Gasteiger partial charge in [-0.05, 0) is 20.0 Å². The van der Waals surface area contributed by atoms with Gasteiger partial charge in [-0.25, -0.2) is 0 Å². The average molecular weight is 271 g/mol. The Labute approximate surface area is 117 Å². The molecule has 0 heterocycles. The van der Waals surface area contributed by atoms with Gasteiger partial charge in [0, 0.05) is 31.8 Å². The zero-order valence-corrected chi connectivity index (χ0v) is 13.1. The molecule has 0 aliphatic carbocycles. The van der Waals surface area contributed by atoms with Gasteiger partial charge in [0.1, 0.15) is 0 Å². The minimum absolute atomic E-state index is 0.235. The Bertz CT molecular complexity index is 274. The van der Waals surface area contributed by atoms with E-state index in [1.54, 1.807) is 0 Å². The fraction of sp³-hybridized carbons (Fsp3) is 0.714. The Kier molecular flexibility index (Phi) is 13.7. The summed E-state index contributed by atoms with van der Waals surface area (Å²) in [5.41, 5.74) is 0. The average Bonchev–Trinajstić information content (AvgIpc) is 2.35. The van der Waals surface area contributed by atoms with Crippen LogP contribution in [0.15, 0.2) is 12.2 Å². The predicted octanol–water partition coefficient (Wildman–Crippen LogP) is 1.02. The van der Waals surface area contributed by atoms with Crippen LogP contribution in [0.1, 0.15) is 27.7 Å². The van der Waals surface area contributed by atoms with Crippen molar-refractivity contribution in [1.29, 1.82) is 0 Å². The van der Waals surface area contributed by atoms with Gasteiger partial charge in [-0.2, -0.15) is 0 Å². The molecule has 0 spiro atoms. The van der Waals surface area contributed by atoms with Crippen LogP contribution in [0.25, 0.3) is 0 Å². The van der Waals surface area contributed by atoms with Crippen LogP contribution >= 0.6 is 0 Å². The first kappa shape index (κ1) is 20.0. The molecule has 0 unspecified atom stereocenters. The second-order valence-corrected chi connectivity index (χ2v) is 4.57. The van der Waals surface area contributed by atoms with E-state index in [-0.39, 0.29) is 11.8 Å². The van der Waals surface area contributed by atoms with Crippen molar-refractivity contribution in [2.24, 2.45) is 5.92 Å². The van der Waals surface area contributed by atoms with Crippen molar-refractivity contribution in [3.63, 3.8) is 0 Å². The van der Waals surface area contributed by atoms with Crippen molar-refractivity contribution in [1.82, 2.24) is 15.5 Å². The van der Waals surface area contributed by atoms with Crippen molar-refractivity contribution in [3.05, 3.63) is 12.2 Å². The molecule has 19 heavy (non-hydrogen) atoms. The number of rotatable bonds is 7. The van der Waals surface area contributed by atoms with Gasteiger partial charge >= 0.3 is 0 Å². The van der Waals surface area contributed by atoms with Crippen molar-refractivity contribution in [2.45, 2.75) is 27.7 Å². The molecule has 2 amide bonds. The number of carbonyl (C=O) groups is 2. The quantitative estimate of drug-likeness (QED) is 0.680. The van der Waals surface area contributed by atoms with Gasteiger partial charge in [0.05, 0.1) is 0 Å². The third kappa shape index (κ3) is 16.6. The molecule has 0 aromatic heterocycles. The summed E-state index contributed by atoms with van der Waals surface area (Å²) in [6, 6.07) is 0. The van der Waals surface area contributed by atoms with E-state index in [9.17, 15) is 9.59 Å². The van der Waals surface area contributed by atoms with Gasteiger partial charge in [-0.15, -0.1) is 0 Å². The van der Waals surface area contributed by atoms with Crippen molar-refractivity contribution in [3.8, 4) is 0 Å². The third-order valence-corrected chi connectivity index (χ3v) is 1.93. The molecule has 5 heteroatoms. The van der Waals surface area contributed by atoms with Crippen LogP contribution in [0.5, 0.6) is 0 Å². The van der Waals surface area contributed by atoms with Crippen LogP contribution in [0, 0.1) is 5.92 Å². The molecule has 0 bridgehead atoms. The lowest BCUT2D eigenvalue weighted by atomic mass is 10.2. The fourth-order valence-corrected chi connectivity index (χ4v) is 0.977. The zero-order chi connectivity index (χ0) is 15.3. The van der Waals surface area contributed by atoms with Crippen LogP contribution in [0.3, 0.4) is 0 Å². The van der Waals surface area contributed by atoms with Crippen molar-refractivity contribution in [2.75, 3.05) is 33.7 Å². The number of likely N-dealkylation sites (N-methyl/N-ethyl adjacent to an activating group) is 1. The van der Waals surface area contributed by atoms with E-state index in [2.05, 4.69) is 10.6 Å². The van der Waals surface area contributed by atoms with Crippen molar-refractivity contribution < 1.29 is 9.59 Å². The first-order valence-corrected chi connectivity index (χ1v) is 6.80. The summed E-state index contributed by atoms with van der Waals surface area (Å²) in [7, 11) is 3.86. The molecule has 2 N–H and O–H groups in total. The highest BCUT2D eigenvalue weighted by Gasteiger charge is 1.99. The Hall–Kier alpha value is -1.36. The summed E-state index contributed by atoms with van der Waals surface area (Å²) in [5, 5.41) is 5.38. The SMILES string of the molecule is CC.CC(C)CNC(=O)/C=C/C(=O)NCCN(C)C. The van der Waals surface area contributed by atoms with Crippen LogP contribution in [-0.4, -0.2) is 50.4 Å². The van der Waals surface area contributed by atoms with Gasteiger partial charge < -0.3 is 15.5 Å². The van der Waals surface area contributed by atoms with Gasteiger partial charge in [-0.3, -0.25) is 9.59 Å². The number of nitrogens with zero attached hydrogens (tertiary/aromatic N) is 1. The van der Waals surface area contributed by atoms with E-state index in [4.69, 9.17) is 0 Å². The fourth-order valence-electron chi connectivity index (χ4n) is 0.977. The molecule has 0 aliphatic heterocycles. The number of hydrogen-bond donors (Lipinski definition) is 2. The van der Waals surface area contributed by atoms with Crippen LogP contribution in [-0.2, 0) is 9.59 Å². The standard InChI is InChI=1S/C12H23N3O2.C2H6/c1-10(2)9-14-12(17)6-5-11(16)13-7-8-15(3)4;1-2/h5-6,10H,7-9H2,1-4H3,(H,13,16)(H,14,17);1-2H3/b6-5+;. The van der Waals surface area contributed by atoms with Crippen LogP contribution in [0.4, 0.5) is 0 Å². The summed E-state index contributed by atoms with van der Waals surface area (Å²) < 4.78 is 0. The Balaban J connectivity index is 0. The molecule has 112 valence electrons. The monoisotopic (exact) mass is 271 g/mol. The lowest BCUT2D eigenvalue weighted by Gasteiger charge is -2.08. The Morgan fingerprint density at radius 2 is 1.53 bits per heavy atom. The normalized spacial score (nSPS) is 10.3. The summed E-state index contributed by atoms with van der Waals surface area (Å²) in [4.78, 5) is 24.5.